The van der Waals surface area contributed by atoms with E-state index in [-0.39, 0.29) is 5.96 Å². The van der Waals surface area contributed by atoms with Crippen molar-refractivity contribution in [2.75, 3.05) is 39.3 Å². The van der Waals surface area contributed by atoms with Gasteiger partial charge in [-0.15, -0.1) is 0 Å². The maximum atomic E-state index is 13.8. The molecular weight excluding hydrogens is 716 g/mol. The van der Waals surface area contributed by atoms with Crippen LogP contribution in [0.25, 0.3) is 0 Å². The van der Waals surface area contributed by atoms with Gasteiger partial charge < -0.3 is 48.1 Å². The van der Waals surface area contributed by atoms with Crippen molar-refractivity contribution in [1.29, 1.82) is 5.41 Å². The number of carbonyl (C=O) groups is 5. The van der Waals surface area contributed by atoms with Crippen LogP contribution in [0.5, 0.6) is 0 Å². The van der Waals surface area contributed by atoms with E-state index >= 15 is 0 Å². The highest BCUT2D eigenvalue weighted by atomic mass is 19.4. The van der Waals surface area contributed by atoms with Gasteiger partial charge in [-0.3, -0.25) is 15.0 Å². The minimum Gasteiger partial charge on any atom is -0.475 e. The quantitative estimate of drug-likeness (QED) is 0.0298. The molecule has 0 rings (SSSR count). The molecule has 0 radical (unpaired) electrons. The van der Waals surface area contributed by atoms with Crippen LogP contribution in [-0.2, 0) is 24.0 Å². The van der Waals surface area contributed by atoms with E-state index in [0.717, 1.165) is 70.9 Å². The molecule has 0 aromatic rings. The molecule has 1 atom stereocenters. The number of carboxylic acid groups (broad SMARTS) is 3. The number of carbonyl (C=O) groups excluding carboxylic acids is 2. The van der Waals surface area contributed by atoms with Crippen molar-refractivity contribution in [1.82, 2.24) is 21.3 Å². The van der Waals surface area contributed by atoms with Crippen molar-refractivity contribution in [3.05, 3.63) is 0 Å². The molecule has 2 amide bonds. The smallest absolute Gasteiger partial charge is 0.475 e. The Bertz CT molecular complexity index is 929. The second-order valence-electron chi connectivity index (χ2n) is 9.41. The molecule has 0 aromatic heterocycles. The van der Waals surface area contributed by atoms with Crippen LogP contribution < -0.4 is 32.7 Å². The van der Waals surface area contributed by atoms with E-state index in [1.807, 2.05) is 0 Å². The number of guanidine groups is 1. The van der Waals surface area contributed by atoms with E-state index in [1.165, 1.54) is 0 Å². The Morgan fingerprint density at radius 3 is 1.10 bits per heavy atom. The Morgan fingerprint density at radius 2 is 0.800 bits per heavy atom. The van der Waals surface area contributed by atoms with Crippen molar-refractivity contribution in [2.45, 2.75) is 82.5 Å². The van der Waals surface area contributed by atoms with Gasteiger partial charge in [0, 0.05) is 19.6 Å². The third kappa shape index (κ3) is 40.0. The van der Waals surface area contributed by atoms with Gasteiger partial charge in [-0.2, -0.15) is 39.5 Å². The van der Waals surface area contributed by atoms with Crippen LogP contribution in [0.15, 0.2) is 0 Å². The topological polar surface area (TPSA) is 270 Å². The van der Waals surface area contributed by atoms with Gasteiger partial charge in [0.2, 0.25) is 0 Å². The fourth-order valence-corrected chi connectivity index (χ4v) is 2.63. The zero-order chi connectivity index (χ0) is 40.0. The highest BCUT2D eigenvalue weighted by molar-refractivity contribution is 6.03. The summed E-state index contributed by atoms with van der Waals surface area (Å²) in [4.78, 5) is 50.0. The second kappa shape index (κ2) is 29.7. The SMILES string of the molecule is N=C(N)NCCCCCCCCNC(=O)C(F)C(=O)NCCCCNCCCN.O=C(O)C(F)(F)F.O=C(O)C(F)(F)F.O=C(O)C(F)(F)F. The van der Waals surface area contributed by atoms with Crippen LogP contribution in [0.2, 0.25) is 0 Å². The Balaban J connectivity index is -0.000000403. The van der Waals surface area contributed by atoms with Crippen molar-refractivity contribution in [3.8, 4) is 0 Å². The number of halogens is 10. The van der Waals surface area contributed by atoms with Crippen molar-refractivity contribution < 1.29 is 83.2 Å². The summed E-state index contributed by atoms with van der Waals surface area (Å²) < 4.78 is 109. The number of nitrogens with two attached hydrogens (primary N) is 2. The maximum Gasteiger partial charge on any atom is 0.490 e. The highest BCUT2D eigenvalue weighted by Crippen LogP contribution is 2.14. The molecule has 0 fully saturated rings. The molecule has 25 heteroatoms. The van der Waals surface area contributed by atoms with Crippen molar-refractivity contribution in [3.63, 3.8) is 0 Å². The molecule has 0 aliphatic heterocycles. The summed E-state index contributed by atoms with van der Waals surface area (Å²) >= 11 is 0. The number of nitrogens with one attached hydrogen (secondary N) is 5. The predicted molar refractivity (Wildman–Crippen MR) is 155 cm³/mol. The highest BCUT2D eigenvalue weighted by Gasteiger charge is 2.39. The van der Waals surface area contributed by atoms with E-state index in [4.69, 9.17) is 46.6 Å². The van der Waals surface area contributed by atoms with Crippen molar-refractivity contribution in [2.24, 2.45) is 11.5 Å². The summed E-state index contributed by atoms with van der Waals surface area (Å²) in [5.41, 5.74) is 10.6. The molecule has 1 unspecified atom stereocenters. The van der Waals surface area contributed by atoms with Crippen LogP contribution >= 0.6 is 0 Å². The molecule has 0 aromatic carbocycles. The summed E-state index contributed by atoms with van der Waals surface area (Å²) in [6.07, 6.45) is -9.13. The first-order valence-electron chi connectivity index (χ1n) is 14.4. The third-order valence-corrected chi connectivity index (χ3v) is 5.04. The second-order valence-corrected chi connectivity index (χ2v) is 9.41. The lowest BCUT2D eigenvalue weighted by atomic mass is 10.1. The van der Waals surface area contributed by atoms with Gasteiger partial charge in [0.1, 0.15) is 0 Å². The van der Waals surface area contributed by atoms with E-state index in [2.05, 4.69) is 21.3 Å². The number of hydrogen-bond donors (Lipinski definition) is 10. The minimum absolute atomic E-state index is 0.00746. The Kier molecular flexibility index (Phi) is 31.3. The number of alkyl halides is 10. The zero-order valence-corrected chi connectivity index (χ0v) is 26.5. The fraction of sp³-hybridized carbons (Fsp3) is 0.760. The lowest BCUT2D eigenvalue weighted by molar-refractivity contribution is -0.193. The molecule has 15 nitrogen and oxygen atoms in total. The number of carboxylic acids is 3. The van der Waals surface area contributed by atoms with Crippen molar-refractivity contribution >= 4 is 35.7 Å². The molecule has 0 aliphatic rings. The van der Waals surface area contributed by atoms with E-state index in [1.54, 1.807) is 0 Å². The van der Waals surface area contributed by atoms with E-state index < -0.39 is 54.4 Å². The lowest BCUT2D eigenvalue weighted by Gasteiger charge is -2.10. The van der Waals surface area contributed by atoms with Crippen LogP contribution in [0, 0.1) is 5.41 Å². The molecule has 0 heterocycles. The zero-order valence-electron chi connectivity index (χ0n) is 26.5. The average molecular weight is 760 g/mol. The number of amides is 2. The molecule has 50 heavy (non-hydrogen) atoms. The predicted octanol–water partition coefficient (Wildman–Crippen LogP) is 2.00. The van der Waals surface area contributed by atoms with Gasteiger partial charge >= 0.3 is 36.4 Å². The number of rotatable bonds is 19. The summed E-state index contributed by atoms with van der Waals surface area (Å²) in [5.74, 6) is -10.0. The van der Waals surface area contributed by atoms with E-state index in [0.29, 0.717) is 26.2 Å². The molecule has 0 spiro atoms. The standard InChI is InChI=1S/C19H40FN7O2.3C2HF3O2/c20-16(18(29)26-14-8-7-11-24-12-9-10-21)17(28)25-13-5-3-1-2-4-6-15-27-19(22)23;3*3-2(4,5)1(6)7/h16,24H,1-15,21H2,(H,25,28)(H,26,29)(H4,22,23,27);3*(H,6,7). The fourth-order valence-electron chi connectivity index (χ4n) is 2.63. The number of hydrogen-bond acceptors (Lipinski definition) is 8. The Labute approximate surface area is 279 Å². The first-order valence-corrected chi connectivity index (χ1v) is 14.4. The maximum absolute atomic E-state index is 13.8. The van der Waals surface area contributed by atoms with E-state index in [9.17, 15) is 53.5 Å². The summed E-state index contributed by atoms with van der Waals surface area (Å²) in [6, 6.07) is 0. The lowest BCUT2D eigenvalue weighted by Crippen LogP contribution is -2.43. The number of aliphatic carboxylic acids is 3. The molecule has 0 bridgehead atoms. The van der Waals surface area contributed by atoms with Gasteiger partial charge in [0.05, 0.1) is 0 Å². The monoisotopic (exact) mass is 759 g/mol. The molecule has 296 valence electrons. The Hall–Kier alpha value is -4.16. The Morgan fingerprint density at radius 1 is 0.540 bits per heavy atom. The third-order valence-electron chi connectivity index (χ3n) is 5.04. The molecule has 0 aliphatic carbocycles. The van der Waals surface area contributed by atoms with Gasteiger partial charge in [-0.25, -0.2) is 18.8 Å². The van der Waals surface area contributed by atoms with Crippen LogP contribution in [0.1, 0.15) is 57.8 Å². The minimum atomic E-state index is -5.08. The van der Waals surface area contributed by atoms with Crippen LogP contribution in [0.3, 0.4) is 0 Å². The summed E-state index contributed by atoms with van der Waals surface area (Å²) in [7, 11) is 0. The van der Waals surface area contributed by atoms with Crippen LogP contribution in [-0.4, -0.2) is 115 Å². The first kappa shape index (κ1) is 52.6. The first-order chi connectivity index (χ1) is 22.8. The molecular formula is C25H43F10N7O8. The average Bonchev–Trinajstić information content (AvgIpc) is 2.98. The molecule has 12 N–H and O–H groups in total. The molecule has 0 saturated carbocycles. The van der Waals surface area contributed by atoms with Gasteiger partial charge in [-0.1, -0.05) is 25.7 Å². The van der Waals surface area contributed by atoms with Gasteiger partial charge in [-0.05, 0) is 51.7 Å². The summed E-state index contributed by atoms with van der Waals surface area (Å²) in [5, 5.41) is 39.3. The molecule has 0 saturated heterocycles. The van der Waals surface area contributed by atoms with Crippen LogP contribution in [0.4, 0.5) is 43.9 Å². The van der Waals surface area contributed by atoms with Gasteiger partial charge in [0.25, 0.3) is 18.0 Å². The largest absolute Gasteiger partial charge is 0.490 e. The number of unbranched alkanes of at least 4 members (excludes halogenated alkanes) is 6. The normalized spacial score (nSPS) is 11.5. The summed E-state index contributed by atoms with van der Waals surface area (Å²) in [6.45, 7) is 3.78. The van der Waals surface area contributed by atoms with Gasteiger partial charge in [0.15, 0.2) is 5.96 Å².